The number of halogens is 3. The monoisotopic (exact) mass is 282 g/mol. The lowest BCUT2D eigenvalue weighted by Gasteiger charge is -2.13. The average Bonchev–Trinajstić information content (AvgIpc) is 2.91. The maximum Gasteiger partial charge on any atom is 0.231 e. The molecule has 3 rings (SSSR count). The summed E-state index contributed by atoms with van der Waals surface area (Å²) in [4.78, 5) is 0. The minimum absolute atomic E-state index is 0.0639. The van der Waals surface area contributed by atoms with Crippen LogP contribution in [0.3, 0.4) is 0 Å². The summed E-state index contributed by atoms with van der Waals surface area (Å²) in [6.07, 6.45) is -1.43. The second-order valence-corrected chi connectivity index (χ2v) is 4.28. The van der Waals surface area contributed by atoms with Crippen molar-refractivity contribution in [3.8, 4) is 11.5 Å². The standard InChI is InChI=1S/C14H9F3O3/c15-9-3-2-8(12(16)13(9)17)14(18)7-1-4-10-11(5-7)20-6-19-10/h1-5,14,18H,6H2. The normalized spacial score (nSPS) is 14.4. The van der Waals surface area contributed by atoms with Crippen LogP contribution in [-0.4, -0.2) is 11.9 Å². The van der Waals surface area contributed by atoms with E-state index in [1.165, 1.54) is 12.1 Å². The summed E-state index contributed by atoms with van der Waals surface area (Å²) in [6.45, 7) is 0.0639. The van der Waals surface area contributed by atoms with E-state index in [2.05, 4.69) is 0 Å². The predicted molar refractivity (Wildman–Crippen MR) is 62.9 cm³/mol. The highest BCUT2D eigenvalue weighted by molar-refractivity contribution is 5.46. The molecule has 2 aromatic rings. The maximum atomic E-state index is 13.6. The zero-order valence-corrected chi connectivity index (χ0v) is 10.1. The molecule has 0 spiro atoms. The number of rotatable bonds is 2. The minimum Gasteiger partial charge on any atom is -0.454 e. The van der Waals surface area contributed by atoms with Gasteiger partial charge >= 0.3 is 0 Å². The molecule has 0 aliphatic carbocycles. The van der Waals surface area contributed by atoms with Gasteiger partial charge in [0.2, 0.25) is 6.79 Å². The van der Waals surface area contributed by atoms with Crippen LogP contribution in [0.4, 0.5) is 13.2 Å². The van der Waals surface area contributed by atoms with Gasteiger partial charge in [-0.15, -0.1) is 0 Å². The Hall–Kier alpha value is -2.21. The topological polar surface area (TPSA) is 38.7 Å². The molecule has 2 aromatic carbocycles. The van der Waals surface area contributed by atoms with Gasteiger partial charge in [-0.25, -0.2) is 13.2 Å². The van der Waals surface area contributed by atoms with E-state index in [-0.39, 0.29) is 12.4 Å². The van der Waals surface area contributed by atoms with Crippen molar-refractivity contribution in [1.29, 1.82) is 0 Å². The summed E-state index contributed by atoms with van der Waals surface area (Å²) in [5.41, 5.74) is -0.0538. The molecule has 1 unspecified atom stereocenters. The first-order valence-electron chi connectivity index (χ1n) is 5.79. The highest BCUT2D eigenvalue weighted by atomic mass is 19.2. The molecule has 104 valence electrons. The van der Waals surface area contributed by atoms with Crippen molar-refractivity contribution in [2.24, 2.45) is 0 Å². The third-order valence-corrected chi connectivity index (χ3v) is 3.07. The Labute approximate surface area is 112 Å². The molecule has 6 heteroatoms. The number of ether oxygens (including phenoxy) is 2. The van der Waals surface area contributed by atoms with E-state index >= 15 is 0 Å². The Morgan fingerprint density at radius 3 is 2.50 bits per heavy atom. The molecule has 0 aromatic heterocycles. The largest absolute Gasteiger partial charge is 0.454 e. The molecule has 0 saturated carbocycles. The number of benzene rings is 2. The first kappa shape index (κ1) is 12.8. The highest BCUT2D eigenvalue weighted by Gasteiger charge is 2.22. The first-order valence-corrected chi connectivity index (χ1v) is 5.79. The maximum absolute atomic E-state index is 13.6. The van der Waals surface area contributed by atoms with Crippen LogP contribution in [0.2, 0.25) is 0 Å². The van der Waals surface area contributed by atoms with E-state index in [4.69, 9.17) is 9.47 Å². The molecular formula is C14H9F3O3. The van der Waals surface area contributed by atoms with Gasteiger partial charge in [0.1, 0.15) is 6.10 Å². The Balaban J connectivity index is 2.00. The van der Waals surface area contributed by atoms with Crippen molar-refractivity contribution in [2.75, 3.05) is 6.79 Å². The molecule has 1 atom stereocenters. The quantitative estimate of drug-likeness (QED) is 0.861. The highest BCUT2D eigenvalue weighted by Crippen LogP contribution is 2.36. The smallest absolute Gasteiger partial charge is 0.231 e. The molecular weight excluding hydrogens is 273 g/mol. The van der Waals surface area contributed by atoms with Gasteiger partial charge < -0.3 is 14.6 Å². The third-order valence-electron chi connectivity index (χ3n) is 3.07. The summed E-state index contributed by atoms with van der Waals surface area (Å²) < 4.78 is 49.9. The molecule has 1 N–H and O–H groups in total. The van der Waals surface area contributed by atoms with Crippen LogP contribution >= 0.6 is 0 Å². The second kappa shape index (κ2) is 4.72. The van der Waals surface area contributed by atoms with Crippen molar-refractivity contribution < 1.29 is 27.8 Å². The van der Waals surface area contributed by atoms with Crippen LogP contribution in [0.1, 0.15) is 17.2 Å². The van der Waals surface area contributed by atoms with E-state index in [1.807, 2.05) is 0 Å². The van der Waals surface area contributed by atoms with Gasteiger partial charge in [-0.05, 0) is 23.8 Å². The van der Waals surface area contributed by atoms with Crippen LogP contribution in [-0.2, 0) is 0 Å². The first-order chi connectivity index (χ1) is 9.58. The van der Waals surface area contributed by atoms with Gasteiger partial charge in [0.25, 0.3) is 0 Å². The van der Waals surface area contributed by atoms with Gasteiger partial charge in [-0.2, -0.15) is 0 Å². The zero-order valence-electron chi connectivity index (χ0n) is 10.1. The molecule has 1 aliphatic rings. The Morgan fingerprint density at radius 2 is 1.70 bits per heavy atom. The Morgan fingerprint density at radius 1 is 0.950 bits per heavy atom. The minimum atomic E-state index is -1.61. The fraction of sp³-hybridized carbons (Fsp3) is 0.143. The summed E-state index contributed by atoms with van der Waals surface area (Å²) in [6, 6.07) is 6.29. The lowest BCUT2D eigenvalue weighted by atomic mass is 10.0. The Bertz CT molecular complexity index is 673. The van der Waals surface area contributed by atoms with Gasteiger partial charge in [0.15, 0.2) is 29.0 Å². The fourth-order valence-electron chi connectivity index (χ4n) is 2.01. The Kier molecular flexibility index (Phi) is 3.02. The van der Waals surface area contributed by atoms with Gasteiger partial charge in [0, 0.05) is 5.56 Å². The average molecular weight is 282 g/mol. The summed E-state index contributed by atoms with van der Waals surface area (Å²) in [7, 11) is 0. The van der Waals surface area contributed by atoms with Crippen LogP contribution in [0.15, 0.2) is 30.3 Å². The van der Waals surface area contributed by atoms with Crippen LogP contribution in [0.25, 0.3) is 0 Å². The molecule has 20 heavy (non-hydrogen) atoms. The molecule has 0 amide bonds. The molecule has 3 nitrogen and oxygen atoms in total. The lowest BCUT2D eigenvalue weighted by molar-refractivity contribution is 0.173. The van der Waals surface area contributed by atoms with Crippen LogP contribution in [0, 0.1) is 17.5 Å². The number of hydrogen-bond acceptors (Lipinski definition) is 3. The summed E-state index contributed by atoms with van der Waals surface area (Å²) in [5.74, 6) is -3.40. The molecule has 0 fully saturated rings. The van der Waals surface area contributed by atoms with E-state index in [1.54, 1.807) is 6.07 Å². The van der Waals surface area contributed by atoms with Crippen molar-refractivity contribution in [2.45, 2.75) is 6.10 Å². The van der Waals surface area contributed by atoms with E-state index in [0.29, 0.717) is 17.1 Å². The lowest BCUT2D eigenvalue weighted by Crippen LogP contribution is -2.05. The third kappa shape index (κ3) is 1.98. The van der Waals surface area contributed by atoms with E-state index in [9.17, 15) is 18.3 Å². The van der Waals surface area contributed by atoms with E-state index < -0.39 is 23.6 Å². The van der Waals surface area contributed by atoms with Gasteiger partial charge in [0.05, 0.1) is 0 Å². The molecule has 1 heterocycles. The fourth-order valence-corrected chi connectivity index (χ4v) is 2.01. The molecule has 0 bridgehead atoms. The summed E-state index contributed by atoms with van der Waals surface area (Å²) in [5, 5.41) is 10.1. The van der Waals surface area contributed by atoms with Crippen LogP contribution < -0.4 is 9.47 Å². The van der Waals surface area contributed by atoms with E-state index in [0.717, 1.165) is 12.1 Å². The van der Waals surface area contributed by atoms with Crippen molar-refractivity contribution >= 4 is 0 Å². The van der Waals surface area contributed by atoms with Gasteiger partial charge in [-0.3, -0.25) is 0 Å². The molecule has 0 radical (unpaired) electrons. The van der Waals surface area contributed by atoms with Crippen molar-refractivity contribution in [3.05, 3.63) is 58.9 Å². The second-order valence-electron chi connectivity index (χ2n) is 4.28. The predicted octanol–water partition coefficient (Wildman–Crippen LogP) is 2.91. The number of aliphatic hydroxyl groups is 1. The SMILES string of the molecule is OC(c1ccc2c(c1)OCO2)c1ccc(F)c(F)c1F. The number of aliphatic hydroxyl groups excluding tert-OH is 1. The summed E-state index contributed by atoms with van der Waals surface area (Å²) >= 11 is 0. The molecule has 1 aliphatic heterocycles. The number of fused-ring (bicyclic) bond motifs is 1. The number of hydrogen-bond donors (Lipinski definition) is 1. The van der Waals surface area contributed by atoms with Crippen LogP contribution in [0.5, 0.6) is 11.5 Å². The zero-order chi connectivity index (χ0) is 14.3. The van der Waals surface area contributed by atoms with Gasteiger partial charge in [-0.1, -0.05) is 12.1 Å². The van der Waals surface area contributed by atoms with Crippen molar-refractivity contribution in [3.63, 3.8) is 0 Å². The molecule has 0 saturated heterocycles. The van der Waals surface area contributed by atoms with Crippen molar-refractivity contribution in [1.82, 2.24) is 0 Å².